The molecular weight excluding hydrogens is 504 g/mol. The van der Waals surface area contributed by atoms with Crippen LogP contribution in [0.1, 0.15) is 55.6 Å². The predicted octanol–water partition coefficient (Wildman–Crippen LogP) is 5.53. The second-order valence-electron chi connectivity index (χ2n) is 9.32. The van der Waals surface area contributed by atoms with Gasteiger partial charge in [-0.15, -0.1) is 5.10 Å². The molecule has 0 amide bonds. The number of tetrazole rings is 1. The fourth-order valence-corrected chi connectivity index (χ4v) is 4.70. The number of benzene rings is 2. The van der Waals surface area contributed by atoms with Crippen LogP contribution in [0.15, 0.2) is 76.1 Å². The maximum Gasteiger partial charge on any atom is 0.253 e. The van der Waals surface area contributed by atoms with Crippen molar-refractivity contribution >= 4 is 22.5 Å². The van der Waals surface area contributed by atoms with Crippen LogP contribution in [0.4, 0.5) is 0 Å². The second-order valence-corrected chi connectivity index (χ2v) is 9.76. The van der Waals surface area contributed by atoms with E-state index >= 15 is 0 Å². The molecule has 9 nitrogen and oxygen atoms in total. The monoisotopic (exact) mass is 532 g/mol. The van der Waals surface area contributed by atoms with Crippen molar-refractivity contribution in [1.29, 1.82) is 0 Å². The zero-order chi connectivity index (χ0) is 26.6. The molecule has 38 heavy (non-hydrogen) atoms. The highest BCUT2D eigenvalue weighted by atomic mass is 35.5. The molecule has 0 fully saturated rings. The zero-order valence-electron chi connectivity index (χ0n) is 21.5. The van der Waals surface area contributed by atoms with Gasteiger partial charge in [-0.05, 0) is 85.3 Å². The van der Waals surface area contributed by atoms with E-state index in [-0.39, 0.29) is 11.6 Å². The Kier molecular flexibility index (Phi) is 7.57. The topological polar surface area (TPSA) is 102 Å². The molecule has 0 bridgehead atoms. The third kappa shape index (κ3) is 5.49. The van der Waals surface area contributed by atoms with Crippen molar-refractivity contribution in [3.63, 3.8) is 0 Å². The number of ether oxygens (including phenoxy) is 1. The lowest BCUT2D eigenvalue weighted by molar-refractivity contribution is 0.177. The molecule has 0 spiro atoms. The van der Waals surface area contributed by atoms with Gasteiger partial charge in [0.1, 0.15) is 17.6 Å². The highest BCUT2D eigenvalue weighted by molar-refractivity contribution is 6.30. The normalized spacial score (nSPS) is 12.5. The molecule has 3 aromatic heterocycles. The molecule has 0 saturated heterocycles. The van der Waals surface area contributed by atoms with Crippen LogP contribution in [0.25, 0.3) is 10.9 Å². The molecule has 0 aliphatic heterocycles. The standard InChI is InChI=1S/C28H29ClN6O3/c1-4-37-22-11-12-25-20(14-22)15-24(28(36)30-25)26(27-31-32-33-35(27)18(2)3)34(17-23-6-5-13-38-23)16-19-7-9-21(29)10-8-19/h5-15,18,26H,4,16-17H2,1-3H3,(H,30,36). The number of aromatic nitrogens is 5. The molecule has 2 aromatic carbocycles. The minimum atomic E-state index is -0.586. The molecule has 3 heterocycles. The van der Waals surface area contributed by atoms with Crippen molar-refractivity contribution in [2.45, 2.75) is 45.9 Å². The van der Waals surface area contributed by atoms with Gasteiger partial charge in [-0.3, -0.25) is 9.69 Å². The average Bonchev–Trinajstić information content (AvgIpc) is 3.59. The summed E-state index contributed by atoms with van der Waals surface area (Å²) in [4.78, 5) is 18.8. The lowest BCUT2D eigenvalue weighted by Crippen LogP contribution is -2.35. The van der Waals surface area contributed by atoms with Crippen LogP contribution in [-0.2, 0) is 13.1 Å². The first kappa shape index (κ1) is 25.7. The van der Waals surface area contributed by atoms with Crippen LogP contribution in [0.3, 0.4) is 0 Å². The summed E-state index contributed by atoms with van der Waals surface area (Å²) in [6, 6.07) is 18.3. The SMILES string of the molecule is CCOc1ccc2[nH]c(=O)c(C(c3nnnn3C(C)C)N(Cc3ccc(Cl)cc3)Cc3ccco3)cc2c1. The third-order valence-electron chi connectivity index (χ3n) is 6.31. The first-order valence-corrected chi connectivity index (χ1v) is 12.9. The van der Waals surface area contributed by atoms with E-state index in [0.717, 1.165) is 28.0 Å². The van der Waals surface area contributed by atoms with E-state index in [4.69, 9.17) is 20.8 Å². The lowest BCUT2D eigenvalue weighted by Gasteiger charge is -2.31. The summed E-state index contributed by atoms with van der Waals surface area (Å²) in [7, 11) is 0. The highest BCUT2D eigenvalue weighted by Crippen LogP contribution is 2.32. The number of nitrogens with zero attached hydrogens (tertiary/aromatic N) is 5. The summed E-state index contributed by atoms with van der Waals surface area (Å²) in [6.07, 6.45) is 1.64. The van der Waals surface area contributed by atoms with Gasteiger partial charge >= 0.3 is 0 Å². The van der Waals surface area contributed by atoms with E-state index in [1.165, 1.54) is 0 Å². The maximum absolute atomic E-state index is 13.6. The molecule has 0 aliphatic rings. The van der Waals surface area contributed by atoms with E-state index < -0.39 is 6.04 Å². The number of nitrogens with one attached hydrogen (secondary N) is 1. The number of H-pyrrole nitrogens is 1. The highest BCUT2D eigenvalue weighted by Gasteiger charge is 2.32. The number of aromatic amines is 1. The van der Waals surface area contributed by atoms with Crippen LogP contribution < -0.4 is 10.3 Å². The first-order valence-electron chi connectivity index (χ1n) is 12.5. The Balaban J connectivity index is 1.69. The molecule has 1 N–H and O–H groups in total. The predicted molar refractivity (Wildman–Crippen MR) is 145 cm³/mol. The quantitative estimate of drug-likeness (QED) is 0.252. The van der Waals surface area contributed by atoms with Gasteiger partial charge in [-0.25, -0.2) is 4.68 Å². The van der Waals surface area contributed by atoms with Gasteiger partial charge in [0.25, 0.3) is 5.56 Å². The molecule has 10 heteroatoms. The van der Waals surface area contributed by atoms with Crippen LogP contribution in [0.2, 0.25) is 5.02 Å². The minimum absolute atomic E-state index is 0.0208. The molecule has 5 rings (SSSR count). The van der Waals surface area contributed by atoms with Crippen LogP contribution in [-0.4, -0.2) is 36.7 Å². The molecule has 0 radical (unpaired) electrons. The van der Waals surface area contributed by atoms with Gasteiger partial charge in [0.05, 0.1) is 25.5 Å². The number of halogens is 1. The molecule has 0 saturated carbocycles. The third-order valence-corrected chi connectivity index (χ3v) is 6.56. The maximum atomic E-state index is 13.6. The molecule has 1 atom stereocenters. The fourth-order valence-electron chi connectivity index (χ4n) is 4.57. The largest absolute Gasteiger partial charge is 0.494 e. The van der Waals surface area contributed by atoms with Gasteiger partial charge < -0.3 is 14.1 Å². The number of fused-ring (bicyclic) bond motifs is 1. The zero-order valence-corrected chi connectivity index (χ0v) is 22.2. The Labute approximate surface area is 225 Å². The number of furan rings is 1. The molecule has 1 unspecified atom stereocenters. The van der Waals surface area contributed by atoms with Crippen molar-refractivity contribution in [3.05, 3.63) is 105 Å². The second kappa shape index (κ2) is 11.2. The lowest BCUT2D eigenvalue weighted by atomic mass is 10.0. The fraction of sp³-hybridized carbons (Fsp3) is 0.286. The Morgan fingerprint density at radius 3 is 2.63 bits per heavy atom. The van der Waals surface area contributed by atoms with Gasteiger partial charge in [-0.2, -0.15) is 0 Å². The van der Waals surface area contributed by atoms with Crippen LogP contribution in [0.5, 0.6) is 5.75 Å². The average molecular weight is 533 g/mol. The number of hydrogen-bond donors (Lipinski definition) is 1. The minimum Gasteiger partial charge on any atom is -0.494 e. The van der Waals surface area contributed by atoms with Crippen LogP contribution >= 0.6 is 11.6 Å². The van der Waals surface area contributed by atoms with E-state index in [1.807, 2.05) is 81.4 Å². The summed E-state index contributed by atoms with van der Waals surface area (Å²) in [5.41, 5.74) is 2.04. The van der Waals surface area contributed by atoms with Gasteiger partial charge in [0.15, 0.2) is 5.82 Å². The summed E-state index contributed by atoms with van der Waals surface area (Å²) in [5.74, 6) is 2.05. The Morgan fingerprint density at radius 2 is 1.92 bits per heavy atom. The Hall–Kier alpha value is -3.95. The van der Waals surface area contributed by atoms with Gasteiger partial charge in [0.2, 0.25) is 0 Å². The smallest absolute Gasteiger partial charge is 0.253 e. The van der Waals surface area contributed by atoms with Gasteiger partial charge in [-0.1, -0.05) is 23.7 Å². The number of rotatable bonds is 10. The summed E-state index contributed by atoms with van der Waals surface area (Å²) < 4.78 is 13.2. The van der Waals surface area contributed by atoms with Gasteiger partial charge in [0, 0.05) is 28.0 Å². The van der Waals surface area contributed by atoms with E-state index in [1.54, 1.807) is 10.9 Å². The van der Waals surface area contributed by atoms with E-state index in [2.05, 4.69) is 25.4 Å². The van der Waals surface area contributed by atoms with Crippen molar-refractivity contribution in [2.24, 2.45) is 0 Å². The molecule has 196 valence electrons. The Bertz CT molecular complexity index is 1560. The number of pyridine rings is 1. The van der Waals surface area contributed by atoms with Crippen molar-refractivity contribution in [1.82, 2.24) is 30.1 Å². The van der Waals surface area contributed by atoms with Crippen molar-refractivity contribution in [2.75, 3.05) is 6.61 Å². The molecular formula is C28H29ClN6O3. The van der Waals surface area contributed by atoms with Crippen molar-refractivity contribution < 1.29 is 9.15 Å². The van der Waals surface area contributed by atoms with Crippen LogP contribution in [0, 0.1) is 0 Å². The summed E-state index contributed by atoms with van der Waals surface area (Å²) in [6.45, 7) is 7.41. The van der Waals surface area contributed by atoms with Crippen molar-refractivity contribution in [3.8, 4) is 5.75 Å². The summed E-state index contributed by atoms with van der Waals surface area (Å²) in [5, 5.41) is 14.2. The molecule has 0 aliphatic carbocycles. The summed E-state index contributed by atoms with van der Waals surface area (Å²) >= 11 is 6.16. The molecule has 5 aromatic rings. The first-order chi connectivity index (χ1) is 18.4. The Morgan fingerprint density at radius 1 is 1.11 bits per heavy atom. The van der Waals surface area contributed by atoms with E-state index in [9.17, 15) is 4.79 Å². The number of hydrogen-bond acceptors (Lipinski definition) is 7. The van der Waals surface area contributed by atoms with E-state index in [0.29, 0.717) is 36.1 Å².